The third kappa shape index (κ3) is 7.47. The lowest BCUT2D eigenvalue weighted by Gasteiger charge is -2.10. The second-order valence-electron chi connectivity index (χ2n) is 5.04. The molecule has 2 aromatic rings. The number of aromatic nitrogens is 1. The van der Waals surface area contributed by atoms with Crippen LogP contribution in [0.25, 0.3) is 0 Å². The number of nitrogens with one attached hydrogen (secondary N) is 2. The summed E-state index contributed by atoms with van der Waals surface area (Å²) >= 11 is 11.2. The standard InChI is InChI=1S/C17H20ClN5OS/c18-14-7-4-8-20-15(14)11-22-17(25)23-16(19)21-9-10-24-12-13-5-2-1-3-6-13/h1-8H,9-12H2,(H4,19,21,22,23,25). The SMILES string of the molecule is NC(=NCCOCc1ccccc1)NC(=S)NCc1ncccc1Cl. The number of guanidine groups is 1. The number of pyridine rings is 1. The highest BCUT2D eigenvalue weighted by atomic mass is 35.5. The van der Waals surface area contributed by atoms with E-state index in [-0.39, 0.29) is 5.96 Å². The van der Waals surface area contributed by atoms with Crippen LogP contribution in [0.5, 0.6) is 0 Å². The van der Waals surface area contributed by atoms with Gasteiger partial charge < -0.3 is 21.1 Å². The van der Waals surface area contributed by atoms with Crippen LogP contribution < -0.4 is 16.4 Å². The molecule has 0 amide bonds. The van der Waals surface area contributed by atoms with Crippen LogP contribution in [0.15, 0.2) is 53.7 Å². The average Bonchev–Trinajstić information content (AvgIpc) is 2.61. The van der Waals surface area contributed by atoms with E-state index < -0.39 is 0 Å². The fraction of sp³-hybridized carbons (Fsp3) is 0.235. The summed E-state index contributed by atoms with van der Waals surface area (Å²) in [5.74, 6) is 0.230. The molecule has 0 saturated carbocycles. The summed E-state index contributed by atoms with van der Waals surface area (Å²) in [7, 11) is 0. The number of thiocarbonyl (C=S) groups is 1. The largest absolute Gasteiger partial charge is 0.375 e. The second-order valence-corrected chi connectivity index (χ2v) is 5.86. The Morgan fingerprint density at radius 2 is 2.04 bits per heavy atom. The Kier molecular flexibility index (Phi) is 8.11. The number of nitrogens with two attached hydrogens (primary N) is 1. The van der Waals surface area contributed by atoms with E-state index in [2.05, 4.69) is 20.6 Å². The van der Waals surface area contributed by atoms with Gasteiger partial charge in [0.25, 0.3) is 0 Å². The predicted octanol–water partition coefficient (Wildman–Crippen LogP) is 2.23. The minimum Gasteiger partial charge on any atom is -0.375 e. The van der Waals surface area contributed by atoms with Crippen molar-refractivity contribution >= 4 is 34.9 Å². The van der Waals surface area contributed by atoms with Crippen molar-refractivity contribution in [1.82, 2.24) is 15.6 Å². The first-order chi connectivity index (χ1) is 12.1. The van der Waals surface area contributed by atoms with Crippen LogP contribution >= 0.6 is 23.8 Å². The molecule has 0 bridgehead atoms. The van der Waals surface area contributed by atoms with E-state index in [1.54, 1.807) is 18.3 Å². The van der Waals surface area contributed by atoms with E-state index in [0.29, 0.717) is 42.1 Å². The van der Waals surface area contributed by atoms with Crippen LogP contribution in [0.1, 0.15) is 11.3 Å². The van der Waals surface area contributed by atoms with Crippen molar-refractivity contribution in [2.75, 3.05) is 13.2 Å². The van der Waals surface area contributed by atoms with Gasteiger partial charge in [-0.25, -0.2) is 0 Å². The first kappa shape index (κ1) is 19.1. The molecular formula is C17H20ClN5OS. The van der Waals surface area contributed by atoms with Crippen LogP contribution in [-0.2, 0) is 17.9 Å². The highest BCUT2D eigenvalue weighted by molar-refractivity contribution is 7.80. The van der Waals surface area contributed by atoms with Gasteiger partial charge in [-0.1, -0.05) is 41.9 Å². The molecule has 8 heteroatoms. The lowest BCUT2D eigenvalue weighted by atomic mass is 10.2. The minimum absolute atomic E-state index is 0.230. The Balaban J connectivity index is 1.63. The molecule has 0 spiro atoms. The molecule has 1 aromatic heterocycles. The van der Waals surface area contributed by atoms with Gasteiger partial charge in [0.1, 0.15) is 0 Å². The number of benzene rings is 1. The van der Waals surface area contributed by atoms with E-state index >= 15 is 0 Å². The highest BCUT2D eigenvalue weighted by Gasteiger charge is 2.02. The van der Waals surface area contributed by atoms with Crippen molar-refractivity contribution in [3.05, 3.63) is 64.9 Å². The van der Waals surface area contributed by atoms with Crippen molar-refractivity contribution in [3.63, 3.8) is 0 Å². The number of hydrogen-bond donors (Lipinski definition) is 3. The topological polar surface area (TPSA) is 84.6 Å². The van der Waals surface area contributed by atoms with Gasteiger partial charge in [0.05, 0.1) is 37.0 Å². The first-order valence-electron chi connectivity index (χ1n) is 7.71. The van der Waals surface area contributed by atoms with Gasteiger partial charge >= 0.3 is 0 Å². The smallest absolute Gasteiger partial charge is 0.194 e. The summed E-state index contributed by atoms with van der Waals surface area (Å²) in [5.41, 5.74) is 7.61. The Labute approximate surface area is 157 Å². The van der Waals surface area contributed by atoms with E-state index in [9.17, 15) is 0 Å². The summed E-state index contributed by atoms with van der Waals surface area (Å²) in [6.45, 7) is 1.87. The van der Waals surface area contributed by atoms with E-state index in [4.69, 9.17) is 34.3 Å². The molecule has 0 unspecified atom stereocenters. The third-order valence-corrected chi connectivity index (χ3v) is 3.71. The third-order valence-electron chi connectivity index (χ3n) is 3.12. The normalized spacial score (nSPS) is 11.2. The zero-order chi connectivity index (χ0) is 17.9. The molecule has 132 valence electrons. The zero-order valence-electron chi connectivity index (χ0n) is 13.6. The van der Waals surface area contributed by atoms with Gasteiger partial charge in [-0.15, -0.1) is 0 Å². The molecule has 6 nitrogen and oxygen atoms in total. The fourth-order valence-corrected chi connectivity index (χ4v) is 2.27. The van der Waals surface area contributed by atoms with Crippen molar-refractivity contribution in [2.24, 2.45) is 10.7 Å². The summed E-state index contributed by atoms with van der Waals surface area (Å²) in [4.78, 5) is 8.32. The zero-order valence-corrected chi connectivity index (χ0v) is 15.2. The van der Waals surface area contributed by atoms with Crippen LogP contribution in [0.2, 0.25) is 5.02 Å². The Morgan fingerprint density at radius 1 is 1.24 bits per heavy atom. The summed E-state index contributed by atoms with van der Waals surface area (Å²) < 4.78 is 5.53. The quantitative estimate of drug-likeness (QED) is 0.297. The van der Waals surface area contributed by atoms with Gasteiger partial charge in [0.2, 0.25) is 0 Å². The van der Waals surface area contributed by atoms with E-state index in [1.807, 2.05) is 30.3 Å². The molecule has 0 aliphatic rings. The van der Waals surface area contributed by atoms with Gasteiger partial charge in [0, 0.05) is 6.20 Å². The first-order valence-corrected chi connectivity index (χ1v) is 8.49. The molecule has 4 N–H and O–H groups in total. The average molecular weight is 378 g/mol. The maximum Gasteiger partial charge on any atom is 0.194 e. The molecule has 0 radical (unpaired) electrons. The number of hydrogen-bond acceptors (Lipinski definition) is 4. The van der Waals surface area contributed by atoms with Crippen LogP contribution in [0.3, 0.4) is 0 Å². The number of halogens is 1. The number of aliphatic imine (C=N–C) groups is 1. The molecule has 0 aliphatic heterocycles. The predicted molar refractivity (Wildman–Crippen MR) is 104 cm³/mol. The van der Waals surface area contributed by atoms with Crippen molar-refractivity contribution in [3.8, 4) is 0 Å². The fourth-order valence-electron chi connectivity index (χ4n) is 1.91. The second kappa shape index (κ2) is 10.6. The Morgan fingerprint density at radius 3 is 2.80 bits per heavy atom. The molecule has 1 aromatic carbocycles. The van der Waals surface area contributed by atoms with Crippen LogP contribution in [0.4, 0.5) is 0 Å². The van der Waals surface area contributed by atoms with Gasteiger partial charge in [-0.3, -0.25) is 9.98 Å². The van der Waals surface area contributed by atoms with Gasteiger partial charge in [-0.2, -0.15) is 0 Å². The Bertz CT molecular complexity index is 711. The summed E-state index contributed by atoms with van der Waals surface area (Å²) in [6, 6.07) is 13.5. The molecule has 2 rings (SSSR count). The van der Waals surface area contributed by atoms with Crippen LogP contribution in [-0.4, -0.2) is 29.2 Å². The van der Waals surface area contributed by atoms with Crippen molar-refractivity contribution < 1.29 is 4.74 Å². The maximum atomic E-state index is 6.03. The highest BCUT2D eigenvalue weighted by Crippen LogP contribution is 2.11. The van der Waals surface area contributed by atoms with Gasteiger partial charge in [0.15, 0.2) is 11.1 Å². The van der Waals surface area contributed by atoms with Crippen molar-refractivity contribution in [1.29, 1.82) is 0 Å². The summed E-state index contributed by atoms with van der Waals surface area (Å²) in [5, 5.41) is 6.71. The number of nitrogens with zero attached hydrogens (tertiary/aromatic N) is 2. The summed E-state index contributed by atoms with van der Waals surface area (Å²) in [6.07, 6.45) is 1.67. The molecule has 25 heavy (non-hydrogen) atoms. The molecular weight excluding hydrogens is 358 g/mol. The van der Waals surface area contributed by atoms with E-state index in [0.717, 1.165) is 5.56 Å². The maximum absolute atomic E-state index is 6.03. The monoisotopic (exact) mass is 377 g/mol. The number of rotatable bonds is 7. The van der Waals surface area contributed by atoms with Crippen molar-refractivity contribution in [2.45, 2.75) is 13.2 Å². The molecule has 0 saturated heterocycles. The van der Waals surface area contributed by atoms with Gasteiger partial charge in [-0.05, 0) is 29.9 Å². The van der Waals surface area contributed by atoms with E-state index in [1.165, 1.54) is 0 Å². The molecule has 1 heterocycles. The lowest BCUT2D eigenvalue weighted by Crippen LogP contribution is -2.43. The van der Waals surface area contributed by atoms with Crippen LogP contribution in [0, 0.1) is 0 Å². The molecule has 0 atom stereocenters. The molecule has 0 fully saturated rings. The molecule has 0 aliphatic carbocycles. The minimum atomic E-state index is 0.230. The number of ether oxygens (including phenoxy) is 1. The lowest BCUT2D eigenvalue weighted by molar-refractivity contribution is 0.128. The Hall–Kier alpha value is -2.22.